The lowest BCUT2D eigenvalue weighted by molar-refractivity contribution is 0.0698. The molecular weight excluding hydrogens is 252 g/mol. The predicted molar refractivity (Wildman–Crippen MR) is 70.4 cm³/mol. The Morgan fingerprint density at radius 2 is 2.28 bits per heavy atom. The van der Waals surface area contributed by atoms with E-state index in [0.29, 0.717) is 12.2 Å². The van der Waals surface area contributed by atoms with E-state index >= 15 is 0 Å². The molecule has 0 radical (unpaired) electrons. The van der Waals surface area contributed by atoms with Gasteiger partial charge in [-0.2, -0.15) is 0 Å². The summed E-state index contributed by atoms with van der Waals surface area (Å²) in [5.74, 6) is -0.972. The van der Waals surface area contributed by atoms with E-state index in [0.717, 1.165) is 22.6 Å². The van der Waals surface area contributed by atoms with Crippen molar-refractivity contribution in [3.05, 3.63) is 50.1 Å². The van der Waals surface area contributed by atoms with Gasteiger partial charge in [0.1, 0.15) is 0 Å². The first kappa shape index (κ1) is 12.4. The summed E-state index contributed by atoms with van der Waals surface area (Å²) in [4.78, 5) is 24.6. The number of aromatic nitrogens is 1. The summed E-state index contributed by atoms with van der Waals surface area (Å²) >= 11 is 1.09. The van der Waals surface area contributed by atoms with E-state index in [9.17, 15) is 9.59 Å². The summed E-state index contributed by atoms with van der Waals surface area (Å²) in [7, 11) is 0. The van der Waals surface area contributed by atoms with Gasteiger partial charge in [0.25, 0.3) is 0 Å². The third-order valence-corrected chi connectivity index (χ3v) is 3.16. The summed E-state index contributed by atoms with van der Waals surface area (Å²) in [6.07, 6.45) is 0. The fraction of sp³-hybridized carbons (Fsp3) is 0.167. The van der Waals surface area contributed by atoms with Gasteiger partial charge in [-0.3, -0.25) is 4.79 Å². The van der Waals surface area contributed by atoms with Gasteiger partial charge >= 0.3 is 10.8 Å². The average Bonchev–Trinajstić information content (AvgIpc) is 2.73. The molecule has 0 aliphatic rings. The van der Waals surface area contributed by atoms with Gasteiger partial charge in [0.15, 0.2) is 0 Å². The van der Waals surface area contributed by atoms with Crippen molar-refractivity contribution < 1.29 is 9.90 Å². The van der Waals surface area contributed by atoms with Crippen LogP contribution in [0.25, 0.3) is 0 Å². The van der Waals surface area contributed by atoms with Gasteiger partial charge in [-0.05, 0) is 19.1 Å². The number of nitrogens with one attached hydrogen (secondary N) is 2. The lowest BCUT2D eigenvalue weighted by atomic mass is 10.1. The SMILES string of the molecule is Cc1ccc(NCc2csc(=O)[nH]2)c(C(=O)O)c1. The minimum absolute atomic E-state index is 0.117. The third kappa shape index (κ3) is 2.78. The van der Waals surface area contributed by atoms with Crippen molar-refractivity contribution in [1.29, 1.82) is 0 Å². The largest absolute Gasteiger partial charge is 0.478 e. The van der Waals surface area contributed by atoms with Crippen molar-refractivity contribution >= 4 is 23.0 Å². The van der Waals surface area contributed by atoms with Crippen LogP contribution in [-0.2, 0) is 6.54 Å². The highest BCUT2D eigenvalue weighted by atomic mass is 32.1. The zero-order valence-corrected chi connectivity index (χ0v) is 10.5. The van der Waals surface area contributed by atoms with Gasteiger partial charge in [0, 0.05) is 16.8 Å². The average molecular weight is 264 g/mol. The van der Waals surface area contributed by atoms with Crippen LogP contribution in [0.1, 0.15) is 21.6 Å². The van der Waals surface area contributed by atoms with Crippen LogP contribution < -0.4 is 10.2 Å². The first-order valence-corrected chi connectivity index (χ1v) is 6.19. The highest BCUT2D eigenvalue weighted by Gasteiger charge is 2.10. The molecule has 0 spiro atoms. The Balaban J connectivity index is 2.18. The maximum absolute atomic E-state index is 11.1. The van der Waals surface area contributed by atoms with Crippen LogP contribution in [0, 0.1) is 6.92 Å². The molecule has 6 heteroatoms. The number of aromatic carboxylic acids is 1. The summed E-state index contributed by atoms with van der Waals surface area (Å²) in [6.45, 7) is 2.23. The summed E-state index contributed by atoms with van der Waals surface area (Å²) < 4.78 is 0. The quantitative estimate of drug-likeness (QED) is 0.789. The van der Waals surface area contributed by atoms with E-state index in [4.69, 9.17) is 5.11 Å². The maximum Gasteiger partial charge on any atom is 0.337 e. The smallest absolute Gasteiger partial charge is 0.337 e. The second-order valence-electron chi connectivity index (χ2n) is 3.88. The Labute approximate surface area is 107 Å². The van der Waals surface area contributed by atoms with Crippen molar-refractivity contribution in [3.8, 4) is 0 Å². The minimum atomic E-state index is -0.972. The van der Waals surface area contributed by atoms with Gasteiger partial charge in [-0.1, -0.05) is 23.0 Å². The van der Waals surface area contributed by atoms with E-state index < -0.39 is 5.97 Å². The Morgan fingerprint density at radius 3 is 2.89 bits per heavy atom. The number of aromatic amines is 1. The number of hydrogen-bond donors (Lipinski definition) is 3. The first-order valence-electron chi connectivity index (χ1n) is 5.31. The van der Waals surface area contributed by atoms with Crippen molar-refractivity contribution in [1.82, 2.24) is 4.98 Å². The molecule has 2 rings (SSSR count). The van der Waals surface area contributed by atoms with Gasteiger partial charge < -0.3 is 15.4 Å². The van der Waals surface area contributed by atoms with E-state index in [1.165, 1.54) is 0 Å². The number of carboxylic acid groups (broad SMARTS) is 1. The number of H-pyrrole nitrogens is 1. The number of benzene rings is 1. The molecule has 2 aromatic rings. The first-order chi connectivity index (χ1) is 8.56. The fourth-order valence-corrected chi connectivity index (χ4v) is 2.16. The Morgan fingerprint density at radius 1 is 1.50 bits per heavy atom. The molecule has 0 atom stereocenters. The summed E-state index contributed by atoms with van der Waals surface area (Å²) in [5, 5.41) is 13.8. The summed E-state index contributed by atoms with van der Waals surface area (Å²) in [5.41, 5.74) is 2.40. The topological polar surface area (TPSA) is 82.2 Å². The zero-order valence-electron chi connectivity index (χ0n) is 9.69. The van der Waals surface area contributed by atoms with Gasteiger partial charge in [0.05, 0.1) is 12.1 Å². The molecular formula is C12H12N2O3S. The van der Waals surface area contributed by atoms with Crippen LogP contribution in [0.3, 0.4) is 0 Å². The minimum Gasteiger partial charge on any atom is -0.478 e. The monoisotopic (exact) mass is 264 g/mol. The summed E-state index contributed by atoms with van der Waals surface area (Å²) in [6, 6.07) is 5.18. The number of aryl methyl sites for hydroxylation is 1. The molecule has 18 heavy (non-hydrogen) atoms. The second kappa shape index (κ2) is 5.05. The lowest BCUT2D eigenvalue weighted by Crippen LogP contribution is -2.07. The molecule has 1 heterocycles. The van der Waals surface area contributed by atoms with E-state index in [-0.39, 0.29) is 10.4 Å². The number of carboxylic acids is 1. The molecule has 1 aromatic carbocycles. The molecule has 94 valence electrons. The van der Waals surface area contributed by atoms with Crippen molar-refractivity contribution in [2.75, 3.05) is 5.32 Å². The zero-order chi connectivity index (χ0) is 13.1. The molecule has 0 aliphatic heterocycles. The predicted octanol–water partition coefficient (Wildman–Crippen LogP) is 2.06. The molecule has 0 amide bonds. The molecule has 1 aromatic heterocycles. The molecule has 0 saturated heterocycles. The maximum atomic E-state index is 11.1. The van der Waals surface area contributed by atoms with Crippen LogP contribution >= 0.6 is 11.3 Å². The van der Waals surface area contributed by atoms with Crippen molar-refractivity contribution in [3.63, 3.8) is 0 Å². The molecule has 0 aliphatic carbocycles. The second-order valence-corrected chi connectivity index (χ2v) is 4.72. The molecule has 0 fully saturated rings. The van der Waals surface area contributed by atoms with Crippen LogP contribution in [0.2, 0.25) is 0 Å². The standard InChI is InChI=1S/C12H12N2O3S/c1-7-2-3-10(9(4-7)11(15)16)13-5-8-6-18-12(17)14-8/h2-4,6,13H,5H2,1H3,(H,14,17)(H,15,16). The lowest BCUT2D eigenvalue weighted by Gasteiger charge is -2.09. The molecule has 0 bridgehead atoms. The van der Waals surface area contributed by atoms with Crippen molar-refractivity contribution in [2.45, 2.75) is 13.5 Å². The number of carbonyl (C=O) groups is 1. The van der Waals surface area contributed by atoms with Crippen LogP contribution in [0.5, 0.6) is 0 Å². The molecule has 0 unspecified atom stereocenters. The van der Waals surface area contributed by atoms with E-state index in [1.807, 2.05) is 13.0 Å². The Hall–Kier alpha value is -2.08. The molecule has 5 nitrogen and oxygen atoms in total. The normalized spacial score (nSPS) is 10.3. The van der Waals surface area contributed by atoms with E-state index in [2.05, 4.69) is 10.3 Å². The Kier molecular flexibility index (Phi) is 3.47. The Bertz CT molecular complexity index is 630. The molecule has 0 saturated carbocycles. The van der Waals surface area contributed by atoms with Crippen LogP contribution in [0.4, 0.5) is 5.69 Å². The number of rotatable bonds is 4. The van der Waals surface area contributed by atoms with Gasteiger partial charge in [0.2, 0.25) is 0 Å². The number of anilines is 1. The van der Waals surface area contributed by atoms with Gasteiger partial charge in [-0.15, -0.1) is 0 Å². The van der Waals surface area contributed by atoms with Crippen LogP contribution in [-0.4, -0.2) is 16.1 Å². The highest BCUT2D eigenvalue weighted by molar-refractivity contribution is 7.07. The number of thiazole rings is 1. The number of hydrogen-bond acceptors (Lipinski definition) is 4. The van der Waals surface area contributed by atoms with Crippen LogP contribution in [0.15, 0.2) is 28.4 Å². The highest BCUT2D eigenvalue weighted by Crippen LogP contribution is 2.18. The van der Waals surface area contributed by atoms with Gasteiger partial charge in [-0.25, -0.2) is 4.79 Å². The van der Waals surface area contributed by atoms with E-state index in [1.54, 1.807) is 17.5 Å². The third-order valence-electron chi connectivity index (χ3n) is 2.45. The fourth-order valence-electron chi connectivity index (χ4n) is 1.58. The molecule has 3 N–H and O–H groups in total. The van der Waals surface area contributed by atoms with Crippen molar-refractivity contribution in [2.24, 2.45) is 0 Å².